The van der Waals surface area contributed by atoms with Gasteiger partial charge in [-0.3, -0.25) is 0 Å². The molecule has 1 aliphatic rings. The molecule has 0 fully saturated rings. The van der Waals surface area contributed by atoms with Gasteiger partial charge in [-0.1, -0.05) is 11.6 Å². The first-order chi connectivity index (χ1) is 7.87. The Bertz CT molecular complexity index is 293. The molecule has 0 N–H and O–H groups in total. The standard InChI is InChI=1S/C15H28OSi/c1-13(2)8-6-9-14-10-7-11-15(12-14)16-17(3,4)5/h8,12,14H,6-7,9-11H2,1-5H3. The van der Waals surface area contributed by atoms with E-state index in [1.807, 2.05) is 0 Å². The lowest BCUT2D eigenvalue weighted by atomic mass is 9.91. The first-order valence-corrected chi connectivity index (χ1v) is 10.3. The summed E-state index contributed by atoms with van der Waals surface area (Å²) in [4.78, 5) is 0. The largest absolute Gasteiger partial charge is 0.548 e. The molecule has 2 heteroatoms. The van der Waals surface area contributed by atoms with Crippen LogP contribution in [-0.2, 0) is 4.43 Å². The van der Waals surface area contributed by atoms with E-state index in [2.05, 4.69) is 45.6 Å². The van der Waals surface area contributed by atoms with Gasteiger partial charge in [0.15, 0.2) is 0 Å². The molecule has 0 bridgehead atoms. The third-order valence-electron chi connectivity index (χ3n) is 2.95. The quantitative estimate of drug-likeness (QED) is 0.478. The maximum Gasteiger partial charge on any atom is 0.241 e. The van der Waals surface area contributed by atoms with Gasteiger partial charge in [-0.05, 0) is 71.2 Å². The minimum atomic E-state index is -1.40. The molecular formula is C15H28OSi. The lowest BCUT2D eigenvalue weighted by molar-refractivity contribution is 0.353. The molecule has 98 valence electrons. The van der Waals surface area contributed by atoms with Crippen molar-refractivity contribution in [3.63, 3.8) is 0 Å². The lowest BCUT2D eigenvalue weighted by Gasteiger charge is -2.27. The van der Waals surface area contributed by atoms with Gasteiger partial charge >= 0.3 is 0 Å². The average molecular weight is 252 g/mol. The number of rotatable bonds is 5. The van der Waals surface area contributed by atoms with Crippen molar-refractivity contribution in [2.75, 3.05) is 0 Å². The van der Waals surface area contributed by atoms with Crippen molar-refractivity contribution in [1.29, 1.82) is 0 Å². The van der Waals surface area contributed by atoms with Crippen LogP contribution in [-0.4, -0.2) is 8.32 Å². The fraction of sp³-hybridized carbons (Fsp3) is 0.733. The smallest absolute Gasteiger partial charge is 0.241 e. The molecule has 1 aliphatic carbocycles. The Morgan fingerprint density at radius 2 is 2.12 bits per heavy atom. The zero-order valence-corrected chi connectivity index (χ0v) is 13.2. The molecule has 0 heterocycles. The van der Waals surface area contributed by atoms with Crippen molar-refractivity contribution >= 4 is 8.32 Å². The SMILES string of the molecule is CC(C)=CCCC1C=C(O[Si](C)(C)C)CCC1. The zero-order valence-electron chi connectivity index (χ0n) is 12.2. The highest BCUT2D eigenvalue weighted by Gasteiger charge is 2.21. The van der Waals surface area contributed by atoms with Crippen LogP contribution in [0.2, 0.25) is 19.6 Å². The van der Waals surface area contributed by atoms with Crippen molar-refractivity contribution in [3.05, 3.63) is 23.5 Å². The van der Waals surface area contributed by atoms with E-state index < -0.39 is 8.32 Å². The first-order valence-electron chi connectivity index (χ1n) is 6.90. The molecule has 1 nitrogen and oxygen atoms in total. The highest BCUT2D eigenvalue weighted by Crippen LogP contribution is 2.28. The Hall–Kier alpha value is -0.503. The molecule has 0 saturated heterocycles. The second-order valence-electron chi connectivity index (χ2n) is 6.36. The van der Waals surface area contributed by atoms with Gasteiger partial charge in [0.25, 0.3) is 0 Å². The molecule has 17 heavy (non-hydrogen) atoms. The average Bonchev–Trinajstić information content (AvgIpc) is 2.14. The Morgan fingerprint density at radius 1 is 1.41 bits per heavy atom. The maximum absolute atomic E-state index is 6.12. The van der Waals surface area contributed by atoms with Gasteiger partial charge in [0.1, 0.15) is 0 Å². The molecular weight excluding hydrogens is 224 g/mol. The van der Waals surface area contributed by atoms with Crippen LogP contribution in [0.15, 0.2) is 23.5 Å². The van der Waals surface area contributed by atoms with Crippen LogP contribution in [0, 0.1) is 5.92 Å². The van der Waals surface area contributed by atoms with E-state index in [4.69, 9.17) is 4.43 Å². The molecule has 0 spiro atoms. The van der Waals surface area contributed by atoms with E-state index in [0.29, 0.717) is 0 Å². The summed E-state index contributed by atoms with van der Waals surface area (Å²) in [6.45, 7) is 11.1. The van der Waals surface area contributed by atoms with Crippen LogP contribution in [0.3, 0.4) is 0 Å². The third-order valence-corrected chi connectivity index (χ3v) is 3.82. The van der Waals surface area contributed by atoms with Crippen LogP contribution in [0.1, 0.15) is 46.0 Å². The van der Waals surface area contributed by atoms with Gasteiger partial charge < -0.3 is 4.43 Å². The van der Waals surface area contributed by atoms with Crippen LogP contribution < -0.4 is 0 Å². The van der Waals surface area contributed by atoms with E-state index in [0.717, 1.165) is 12.3 Å². The van der Waals surface area contributed by atoms with Crippen LogP contribution in [0.5, 0.6) is 0 Å². The third kappa shape index (κ3) is 6.72. The monoisotopic (exact) mass is 252 g/mol. The minimum absolute atomic E-state index is 0.741. The first kappa shape index (κ1) is 14.6. The topological polar surface area (TPSA) is 9.23 Å². The highest BCUT2D eigenvalue weighted by atomic mass is 28.4. The zero-order chi connectivity index (χ0) is 12.9. The van der Waals surface area contributed by atoms with Crippen LogP contribution in [0.25, 0.3) is 0 Å². The van der Waals surface area contributed by atoms with Crippen molar-refractivity contribution in [3.8, 4) is 0 Å². The van der Waals surface area contributed by atoms with Crippen molar-refractivity contribution in [2.24, 2.45) is 5.92 Å². The predicted octanol–water partition coefficient (Wildman–Crippen LogP) is 5.27. The van der Waals surface area contributed by atoms with Gasteiger partial charge in [0.2, 0.25) is 8.32 Å². The lowest BCUT2D eigenvalue weighted by Crippen LogP contribution is -2.26. The highest BCUT2D eigenvalue weighted by molar-refractivity contribution is 6.70. The summed E-state index contributed by atoms with van der Waals surface area (Å²) in [5, 5.41) is 0. The van der Waals surface area contributed by atoms with Gasteiger partial charge in [0, 0.05) is 6.42 Å². The summed E-state index contributed by atoms with van der Waals surface area (Å²) in [5.74, 6) is 2.02. The molecule has 0 amide bonds. The van der Waals surface area contributed by atoms with Crippen molar-refractivity contribution in [1.82, 2.24) is 0 Å². The fourth-order valence-corrected chi connectivity index (χ4v) is 3.22. The molecule has 1 unspecified atom stereocenters. The van der Waals surface area contributed by atoms with E-state index in [-0.39, 0.29) is 0 Å². The summed E-state index contributed by atoms with van der Waals surface area (Å²) >= 11 is 0. The Balaban J connectivity index is 2.46. The summed E-state index contributed by atoms with van der Waals surface area (Å²) in [6, 6.07) is 0. The summed E-state index contributed by atoms with van der Waals surface area (Å²) < 4.78 is 6.12. The van der Waals surface area contributed by atoms with Crippen molar-refractivity contribution < 1.29 is 4.43 Å². The van der Waals surface area contributed by atoms with E-state index in [1.165, 1.54) is 37.0 Å². The maximum atomic E-state index is 6.12. The number of hydrogen-bond acceptors (Lipinski definition) is 1. The summed E-state index contributed by atoms with van der Waals surface area (Å²) in [6.07, 6.45) is 11.0. The van der Waals surface area contributed by atoms with Gasteiger partial charge in [-0.2, -0.15) is 0 Å². The number of hydrogen-bond donors (Lipinski definition) is 0. The molecule has 0 aromatic heterocycles. The van der Waals surface area contributed by atoms with Gasteiger partial charge in [0.05, 0.1) is 5.76 Å². The number of allylic oxidation sites excluding steroid dienone is 4. The molecule has 0 saturated carbocycles. The van der Waals surface area contributed by atoms with Crippen LogP contribution in [0.4, 0.5) is 0 Å². The fourth-order valence-electron chi connectivity index (χ4n) is 2.26. The Morgan fingerprint density at radius 3 is 2.71 bits per heavy atom. The second-order valence-corrected chi connectivity index (χ2v) is 10.8. The minimum Gasteiger partial charge on any atom is -0.548 e. The molecule has 0 radical (unpaired) electrons. The molecule has 1 atom stereocenters. The second kappa shape index (κ2) is 6.44. The van der Waals surface area contributed by atoms with E-state index >= 15 is 0 Å². The van der Waals surface area contributed by atoms with Crippen LogP contribution >= 0.6 is 0 Å². The molecule has 0 aromatic carbocycles. The van der Waals surface area contributed by atoms with E-state index in [1.54, 1.807) is 0 Å². The Labute approximate surface area is 108 Å². The molecule has 0 aliphatic heterocycles. The van der Waals surface area contributed by atoms with Crippen molar-refractivity contribution in [2.45, 2.75) is 65.6 Å². The molecule has 0 aromatic rings. The molecule has 1 rings (SSSR count). The normalized spacial score (nSPS) is 20.8. The van der Waals surface area contributed by atoms with E-state index in [9.17, 15) is 0 Å². The summed E-state index contributed by atoms with van der Waals surface area (Å²) in [7, 11) is -1.40. The van der Waals surface area contributed by atoms with Gasteiger partial charge in [-0.15, -0.1) is 0 Å². The predicted molar refractivity (Wildman–Crippen MR) is 78.5 cm³/mol. The Kier molecular flexibility index (Phi) is 5.51. The van der Waals surface area contributed by atoms with Gasteiger partial charge in [-0.25, -0.2) is 0 Å². The summed E-state index contributed by atoms with van der Waals surface area (Å²) in [5.41, 5.74) is 1.43.